The predicted octanol–water partition coefficient (Wildman–Crippen LogP) is 4.12. The van der Waals surface area contributed by atoms with Crippen LogP contribution in [-0.2, 0) is 4.79 Å². The molecule has 4 rings (SSSR count). The Morgan fingerprint density at radius 1 is 1.00 bits per heavy atom. The Morgan fingerprint density at radius 3 is 2.41 bits per heavy atom. The normalized spacial score (nSPS) is 13.8. The van der Waals surface area contributed by atoms with E-state index in [2.05, 4.69) is 25.1 Å². The highest BCUT2D eigenvalue weighted by Crippen LogP contribution is 2.28. The third-order valence-corrected chi connectivity index (χ3v) is 6.18. The van der Waals surface area contributed by atoms with Crippen LogP contribution in [0.15, 0.2) is 59.9 Å². The fourth-order valence-electron chi connectivity index (χ4n) is 3.47. The van der Waals surface area contributed by atoms with Crippen LogP contribution in [0.25, 0.3) is 0 Å². The van der Waals surface area contributed by atoms with Crippen LogP contribution in [0.5, 0.6) is 0 Å². The summed E-state index contributed by atoms with van der Waals surface area (Å²) >= 11 is 1.30. The maximum atomic E-state index is 13.7. The van der Waals surface area contributed by atoms with E-state index in [1.165, 1.54) is 30.0 Å². The van der Waals surface area contributed by atoms with Gasteiger partial charge in [0.1, 0.15) is 16.7 Å². The minimum atomic E-state index is -0.355. The largest absolute Gasteiger partial charge is 0.368 e. The van der Waals surface area contributed by atoms with Gasteiger partial charge >= 0.3 is 0 Å². The number of nitrogens with one attached hydrogen (secondary N) is 1. The summed E-state index contributed by atoms with van der Waals surface area (Å²) in [5.41, 5.74) is 1.94. The number of anilines is 3. The lowest BCUT2D eigenvalue weighted by Gasteiger charge is -2.37. The van der Waals surface area contributed by atoms with E-state index < -0.39 is 0 Å². The van der Waals surface area contributed by atoms with Crippen molar-refractivity contribution < 1.29 is 13.6 Å². The number of piperazine rings is 1. The zero-order chi connectivity index (χ0) is 22.5. The molecule has 0 radical (unpaired) electrons. The zero-order valence-corrected chi connectivity index (χ0v) is 18.4. The smallest absolute Gasteiger partial charge is 0.234 e. The number of benzene rings is 2. The molecule has 166 valence electrons. The number of hydrogen-bond acceptors (Lipinski definition) is 6. The fourth-order valence-corrected chi connectivity index (χ4v) is 4.25. The van der Waals surface area contributed by atoms with Gasteiger partial charge in [-0.25, -0.2) is 18.7 Å². The fraction of sp³-hybridized carbons (Fsp3) is 0.261. The molecule has 0 atom stereocenters. The van der Waals surface area contributed by atoms with Crippen LogP contribution < -0.4 is 15.1 Å². The van der Waals surface area contributed by atoms with Crippen LogP contribution in [0.3, 0.4) is 0 Å². The molecular formula is C23H23F2N5OS. The average molecular weight is 456 g/mol. The number of hydrogen-bond donors (Lipinski definition) is 1. The van der Waals surface area contributed by atoms with E-state index in [4.69, 9.17) is 0 Å². The number of carbonyl (C=O) groups excluding carboxylic acids is 1. The second-order valence-electron chi connectivity index (χ2n) is 7.44. The van der Waals surface area contributed by atoms with E-state index in [1.54, 1.807) is 43.6 Å². The van der Waals surface area contributed by atoms with Crippen molar-refractivity contribution in [2.24, 2.45) is 0 Å². The topological polar surface area (TPSA) is 61.4 Å². The first-order chi connectivity index (χ1) is 15.5. The molecule has 6 nitrogen and oxygen atoms in total. The Morgan fingerprint density at radius 2 is 1.69 bits per heavy atom. The number of halogens is 2. The first-order valence-corrected chi connectivity index (χ1v) is 11.2. The van der Waals surface area contributed by atoms with Gasteiger partial charge in [-0.15, -0.1) is 0 Å². The van der Waals surface area contributed by atoms with Crippen molar-refractivity contribution in [3.05, 3.63) is 72.1 Å². The molecule has 0 bridgehead atoms. The number of rotatable bonds is 6. The SMILES string of the molecule is Cc1ccc(NC(=O)CSc2nccnc2N2CCN(c3ccc(F)cc3)CC2)cc1F. The molecule has 0 aliphatic carbocycles. The van der Waals surface area contributed by atoms with Crippen molar-refractivity contribution in [3.63, 3.8) is 0 Å². The summed E-state index contributed by atoms with van der Waals surface area (Å²) in [6.45, 7) is 4.68. The van der Waals surface area contributed by atoms with E-state index in [0.717, 1.165) is 37.7 Å². The van der Waals surface area contributed by atoms with Crippen molar-refractivity contribution in [1.29, 1.82) is 0 Å². The molecular weight excluding hydrogens is 432 g/mol. The van der Waals surface area contributed by atoms with E-state index >= 15 is 0 Å². The minimum Gasteiger partial charge on any atom is -0.368 e. The highest BCUT2D eigenvalue weighted by Gasteiger charge is 2.21. The third kappa shape index (κ3) is 5.34. The van der Waals surface area contributed by atoms with Gasteiger partial charge < -0.3 is 15.1 Å². The van der Waals surface area contributed by atoms with Gasteiger partial charge in [-0.3, -0.25) is 4.79 Å². The highest BCUT2D eigenvalue weighted by atomic mass is 32.2. The van der Waals surface area contributed by atoms with Gasteiger partial charge in [0.2, 0.25) is 5.91 Å². The highest BCUT2D eigenvalue weighted by molar-refractivity contribution is 8.00. The summed E-state index contributed by atoms with van der Waals surface area (Å²) in [7, 11) is 0. The number of nitrogens with zero attached hydrogens (tertiary/aromatic N) is 4. The van der Waals surface area contributed by atoms with Crippen LogP contribution in [0, 0.1) is 18.6 Å². The average Bonchev–Trinajstić information content (AvgIpc) is 2.81. The molecule has 32 heavy (non-hydrogen) atoms. The van der Waals surface area contributed by atoms with Gasteiger partial charge in [0.05, 0.1) is 5.75 Å². The van der Waals surface area contributed by atoms with Crippen molar-refractivity contribution in [2.75, 3.05) is 47.0 Å². The third-order valence-electron chi connectivity index (χ3n) is 5.21. The molecule has 0 saturated carbocycles. The van der Waals surface area contributed by atoms with Crippen molar-refractivity contribution in [2.45, 2.75) is 11.9 Å². The lowest BCUT2D eigenvalue weighted by Crippen LogP contribution is -2.47. The van der Waals surface area contributed by atoms with Crippen molar-refractivity contribution in [3.8, 4) is 0 Å². The monoisotopic (exact) mass is 455 g/mol. The van der Waals surface area contributed by atoms with Crippen molar-refractivity contribution >= 4 is 34.9 Å². The number of thioether (sulfide) groups is 1. The summed E-state index contributed by atoms with van der Waals surface area (Å²) in [4.78, 5) is 25.6. The van der Waals surface area contributed by atoms with Crippen molar-refractivity contribution in [1.82, 2.24) is 9.97 Å². The molecule has 2 aromatic carbocycles. The van der Waals surface area contributed by atoms with E-state index in [1.807, 2.05) is 0 Å². The first-order valence-electron chi connectivity index (χ1n) is 10.2. The molecule has 1 aliphatic rings. The quantitative estimate of drug-likeness (QED) is 0.565. The summed E-state index contributed by atoms with van der Waals surface area (Å²) in [6, 6.07) is 11.1. The maximum absolute atomic E-state index is 13.7. The van der Waals surface area contributed by atoms with Crippen LogP contribution in [-0.4, -0.2) is 47.8 Å². The second kappa shape index (κ2) is 9.95. The van der Waals surface area contributed by atoms with E-state index in [9.17, 15) is 13.6 Å². The van der Waals surface area contributed by atoms with Crippen LogP contribution in [0.2, 0.25) is 0 Å². The van der Waals surface area contributed by atoms with Gasteiger partial charge in [0.15, 0.2) is 5.82 Å². The number of amides is 1. The molecule has 1 saturated heterocycles. The van der Waals surface area contributed by atoms with Gasteiger partial charge in [0, 0.05) is 49.9 Å². The molecule has 9 heteroatoms. The van der Waals surface area contributed by atoms with E-state index in [-0.39, 0.29) is 23.3 Å². The molecule has 1 aromatic heterocycles. The summed E-state index contributed by atoms with van der Waals surface area (Å²) in [5, 5.41) is 3.39. The number of aromatic nitrogens is 2. The maximum Gasteiger partial charge on any atom is 0.234 e. The summed E-state index contributed by atoms with van der Waals surface area (Å²) < 4.78 is 26.9. The molecule has 1 aliphatic heterocycles. The minimum absolute atomic E-state index is 0.136. The summed E-state index contributed by atoms with van der Waals surface area (Å²) in [5.74, 6) is 0.0366. The Hall–Kier alpha value is -3.20. The standard InChI is InChI=1S/C23H23F2N5OS/c1-16-2-5-18(14-20(16)25)28-21(31)15-32-23-22(26-8-9-27-23)30-12-10-29(11-13-30)19-6-3-17(24)4-7-19/h2-9,14H,10-13,15H2,1H3,(H,28,31). The number of carbonyl (C=O) groups is 1. The molecule has 0 unspecified atom stereocenters. The molecule has 0 spiro atoms. The van der Waals surface area contributed by atoms with Crippen LogP contribution in [0.1, 0.15) is 5.56 Å². The Kier molecular flexibility index (Phi) is 6.84. The zero-order valence-electron chi connectivity index (χ0n) is 17.6. The first kappa shape index (κ1) is 22.0. The van der Waals surface area contributed by atoms with Gasteiger partial charge in [-0.2, -0.15) is 0 Å². The Bertz CT molecular complexity index is 1090. The molecule has 1 fully saturated rings. The van der Waals surface area contributed by atoms with Crippen LogP contribution in [0.4, 0.5) is 26.0 Å². The van der Waals surface area contributed by atoms with Gasteiger partial charge in [-0.05, 0) is 48.9 Å². The van der Waals surface area contributed by atoms with Crippen LogP contribution >= 0.6 is 11.8 Å². The van der Waals surface area contributed by atoms with Gasteiger partial charge in [0.25, 0.3) is 0 Å². The second-order valence-corrected chi connectivity index (χ2v) is 8.40. The lowest BCUT2D eigenvalue weighted by atomic mass is 10.2. The van der Waals surface area contributed by atoms with E-state index in [0.29, 0.717) is 16.3 Å². The lowest BCUT2D eigenvalue weighted by molar-refractivity contribution is -0.113. The summed E-state index contributed by atoms with van der Waals surface area (Å²) in [6.07, 6.45) is 3.24. The molecule has 2 heterocycles. The number of aryl methyl sites for hydroxylation is 1. The Balaban J connectivity index is 1.35. The molecule has 1 N–H and O–H groups in total. The Labute approximate surface area is 189 Å². The molecule has 1 amide bonds. The molecule has 3 aromatic rings. The predicted molar refractivity (Wildman–Crippen MR) is 123 cm³/mol. The van der Waals surface area contributed by atoms with Gasteiger partial charge in [-0.1, -0.05) is 17.8 Å².